The summed E-state index contributed by atoms with van der Waals surface area (Å²) in [6, 6.07) is 6.54. The Balaban J connectivity index is 1.30. The summed E-state index contributed by atoms with van der Waals surface area (Å²) in [5.41, 5.74) is 3.82. The van der Waals surface area contributed by atoms with E-state index in [4.69, 9.17) is 0 Å². The lowest BCUT2D eigenvalue weighted by atomic mass is 9.97. The molecule has 3 aliphatic rings. The minimum Gasteiger partial charge on any atom is -0.352 e. The predicted molar refractivity (Wildman–Crippen MR) is 99.3 cm³/mol. The van der Waals surface area contributed by atoms with Gasteiger partial charge in [-0.15, -0.1) is 0 Å². The fraction of sp³-hybridized carbons (Fsp3) is 0.600. The van der Waals surface area contributed by atoms with Gasteiger partial charge in [0.1, 0.15) is 0 Å². The number of carbonyl (C=O) groups is 2. The number of fused-ring (bicyclic) bond motifs is 1. The number of benzene rings is 1. The predicted octanol–water partition coefficient (Wildman–Crippen LogP) is 1.83. The van der Waals surface area contributed by atoms with Gasteiger partial charge in [0.05, 0.1) is 5.92 Å². The van der Waals surface area contributed by atoms with E-state index in [0.717, 1.165) is 64.0 Å². The first-order valence-electron chi connectivity index (χ1n) is 9.83. The van der Waals surface area contributed by atoms with E-state index >= 15 is 0 Å². The average molecular weight is 356 g/mol. The van der Waals surface area contributed by atoms with Gasteiger partial charge in [-0.05, 0) is 42.4 Å². The maximum absolute atomic E-state index is 12.6. The fourth-order valence-corrected chi connectivity index (χ4v) is 4.26. The molecule has 0 bridgehead atoms. The van der Waals surface area contributed by atoms with Gasteiger partial charge >= 0.3 is 6.03 Å². The summed E-state index contributed by atoms with van der Waals surface area (Å²) in [4.78, 5) is 29.0. The standard InChI is InChI=1S/C20H28N4O2/c25-19(22-11-15-5-6-16-12-21-13-18(16)10-15)17-4-3-9-24(14-17)20(26)23-7-1-2-8-23/h5-6,10,17,21H,1-4,7-9,11-14H2,(H,22,25). The van der Waals surface area contributed by atoms with Gasteiger partial charge in [-0.2, -0.15) is 0 Å². The maximum atomic E-state index is 12.6. The molecule has 2 fully saturated rings. The van der Waals surface area contributed by atoms with Crippen LogP contribution in [0.4, 0.5) is 4.79 Å². The highest BCUT2D eigenvalue weighted by atomic mass is 16.2. The second-order valence-electron chi connectivity index (χ2n) is 7.69. The number of rotatable bonds is 3. The van der Waals surface area contributed by atoms with Crippen LogP contribution in [0.2, 0.25) is 0 Å². The molecule has 1 aromatic carbocycles. The molecule has 1 aromatic rings. The zero-order valence-corrected chi connectivity index (χ0v) is 15.3. The van der Waals surface area contributed by atoms with Crippen molar-refractivity contribution in [2.24, 2.45) is 5.92 Å². The van der Waals surface area contributed by atoms with Crippen LogP contribution in [-0.2, 0) is 24.4 Å². The van der Waals surface area contributed by atoms with Crippen molar-refractivity contribution in [3.63, 3.8) is 0 Å². The minimum atomic E-state index is -0.0913. The number of urea groups is 1. The number of amides is 3. The van der Waals surface area contributed by atoms with Crippen LogP contribution in [0.3, 0.4) is 0 Å². The number of nitrogens with one attached hydrogen (secondary N) is 2. The molecule has 0 aliphatic carbocycles. The van der Waals surface area contributed by atoms with Crippen molar-refractivity contribution in [2.75, 3.05) is 26.2 Å². The third-order valence-corrected chi connectivity index (χ3v) is 5.81. The topological polar surface area (TPSA) is 64.7 Å². The van der Waals surface area contributed by atoms with Crippen molar-refractivity contribution >= 4 is 11.9 Å². The Labute approximate surface area is 154 Å². The van der Waals surface area contributed by atoms with Crippen LogP contribution >= 0.6 is 0 Å². The van der Waals surface area contributed by atoms with Crippen molar-refractivity contribution in [2.45, 2.75) is 45.3 Å². The molecule has 0 saturated carbocycles. The summed E-state index contributed by atoms with van der Waals surface area (Å²) in [5.74, 6) is -0.0195. The first-order chi connectivity index (χ1) is 12.7. The maximum Gasteiger partial charge on any atom is 0.320 e. The first-order valence-corrected chi connectivity index (χ1v) is 9.83. The third-order valence-electron chi connectivity index (χ3n) is 5.81. The number of carbonyl (C=O) groups excluding carboxylic acids is 2. The molecule has 1 unspecified atom stereocenters. The van der Waals surface area contributed by atoms with Crippen molar-refractivity contribution in [3.05, 3.63) is 34.9 Å². The van der Waals surface area contributed by atoms with Gasteiger partial charge in [-0.1, -0.05) is 18.2 Å². The SMILES string of the molecule is O=C(NCc1ccc2c(c1)CNC2)C1CCCN(C(=O)N2CCCC2)C1. The van der Waals surface area contributed by atoms with Crippen LogP contribution in [0.15, 0.2) is 18.2 Å². The van der Waals surface area contributed by atoms with Crippen molar-refractivity contribution < 1.29 is 9.59 Å². The average Bonchev–Trinajstić information content (AvgIpc) is 3.36. The lowest BCUT2D eigenvalue weighted by Gasteiger charge is -2.34. The van der Waals surface area contributed by atoms with E-state index in [-0.39, 0.29) is 17.9 Å². The highest BCUT2D eigenvalue weighted by Gasteiger charge is 2.31. The van der Waals surface area contributed by atoms with Crippen LogP contribution in [0, 0.1) is 5.92 Å². The minimum absolute atomic E-state index is 0.0718. The van der Waals surface area contributed by atoms with E-state index in [0.29, 0.717) is 13.1 Å². The molecule has 6 nitrogen and oxygen atoms in total. The van der Waals surface area contributed by atoms with Gasteiger partial charge < -0.3 is 20.4 Å². The molecule has 0 aromatic heterocycles. The molecule has 0 radical (unpaired) electrons. The molecule has 2 saturated heterocycles. The normalized spacial score (nSPS) is 22.4. The lowest BCUT2D eigenvalue weighted by Crippen LogP contribution is -2.49. The van der Waals surface area contributed by atoms with Crippen molar-refractivity contribution in [1.29, 1.82) is 0 Å². The van der Waals surface area contributed by atoms with Crippen LogP contribution in [0.25, 0.3) is 0 Å². The Kier molecular flexibility index (Phi) is 5.11. The molecule has 3 amide bonds. The van der Waals surface area contributed by atoms with E-state index in [1.165, 1.54) is 11.1 Å². The molecule has 2 N–H and O–H groups in total. The van der Waals surface area contributed by atoms with Crippen LogP contribution in [0.1, 0.15) is 42.4 Å². The Morgan fingerprint density at radius 1 is 1.04 bits per heavy atom. The molecular formula is C20H28N4O2. The molecule has 140 valence electrons. The largest absolute Gasteiger partial charge is 0.352 e. The Hall–Kier alpha value is -2.08. The summed E-state index contributed by atoms with van der Waals surface area (Å²) >= 11 is 0. The van der Waals surface area contributed by atoms with E-state index in [1.54, 1.807) is 0 Å². The molecule has 3 aliphatic heterocycles. The highest BCUT2D eigenvalue weighted by Crippen LogP contribution is 2.21. The van der Waals surface area contributed by atoms with Gasteiger partial charge in [0.25, 0.3) is 0 Å². The zero-order valence-electron chi connectivity index (χ0n) is 15.3. The molecule has 0 spiro atoms. The lowest BCUT2D eigenvalue weighted by molar-refractivity contribution is -0.126. The molecule has 3 heterocycles. The van der Waals surface area contributed by atoms with E-state index in [1.807, 2.05) is 9.80 Å². The van der Waals surface area contributed by atoms with Gasteiger partial charge in [-0.3, -0.25) is 4.79 Å². The molecule has 4 rings (SSSR count). The summed E-state index contributed by atoms with van der Waals surface area (Å²) < 4.78 is 0. The summed E-state index contributed by atoms with van der Waals surface area (Å²) in [5, 5.41) is 6.42. The number of hydrogen-bond donors (Lipinski definition) is 2. The van der Waals surface area contributed by atoms with Crippen LogP contribution in [0.5, 0.6) is 0 Å². The van der Waals surface area contributed by atoms with E-state index in [9.17, 15) is 9.59 Å². The number of piperidine rings is 1. The van der Waals surface area contributed by atoms with Gasteiger partial charge in [-0.25, -0.2) is 4.79 Å². The monoisotopic (exact) mass is 356 g/mol. The van der Waals surface area contributed by atoms with Crippen molar-refractivity contribution in [3.8, 4) is 0 Å². The van der Waals surface area contributed by atoms with Gasteiger partial charge in [0.15, 0.2) is 0 Å². The van der Waals surface area contributed by atoms with E-state index in [2.05, 4.69) is 28.8 Å². The molecular weight excluding hydrogens is 328 g/mol. The van der Waals surface area contributed by atoms with Crippen LogP contribution < -0.4 is 10.6 Å². The van der Waals surface area contributed by atoms with Gasteiger partial charge in [0.2, 0.25) is 5.91 Å². The summed E-state index contributed by atoms with van der Waals surface area (Å²) in [6.07, 6.45) is 3.96. The van der Waals surface area contributed by atoms with Crippen LogP contribution in [-0.4, -0.2) is 47.9 Å². The fourth-order valence-electron chi connectivity index (χ4n) is 4.26. The zero-order chi connectivity index (χ0) is 17.9. The summed E-state index contributed by atoms with van der Waals surface area (Å²) in [6.45, 7) is 5.45. The summed E-state index contributed by atoms with van der Waals surface area (Å²) in [7, 11) is 0. The Morgan fingerprint density at radius 3 is 2.65 bits per heavy atom. The second-order valence-corrected chi connectivity index (χ2v) is 7.69. The number of likely N-dealkylation sites (tertiary alicyclic amines) is 2. The second kappa shape index (κ2) is 7.66. The number of nitrogens with zero attached hydrogens (tertiary/aromatic N) is 2. The molecule has 26 heavy (non-hydrogen) atoms. The Bertz CT molecular complexity index is 684. The smallest absolute Gasteiger partial charge is 0.320 e. The number of hydrogen-bond acceptors (Lipinski definition) is 3. The molecule has 6 heteroatoms. The quantitative estimate of drug-likeness (QED) is 0.868. The molecule has 1 atom stereocenters. The van der Waals surface area contributed by atoms with Gasteiger partial charge in [0, 0.05) is 45.8 Å². The first kappa shape index (κ1) is 17.3. The highest BCUT2D eigenvalue weighted by molar-refractivity contribution is 5.81. The Morgan fingerprint density at radius 2 is 1.81 bits per heavy atom. The van der Waals surface area contributed by atoms with E-state index < -0.39 is 0 Å². The van der Waals surface area contributed by atoms with Crippen molar-refractivity contribution in [1.82, 2.24) is 20.4 Å². The third kappa shape index (κ3) is 3.70.